The van der Waals surface area contributed by atoms with Crippen LogP contribution in [0.5, 0.6) is 0 Å². The number of hydrogen-bond donors (Lipinski definition) is 3. The van der Waals surface area contributed by atoms with Gasteiger partial charge >= 0.3 is 5.97 Å². The van der Waals surface area contributed by atoms with Crippen molar-refractivity contribution in [1.82, 2.24) is 5.32 Å². The van der Waals surface area contributed by atoms with Crippen molar-refractivity contribution in [3.63, 3.8) is 0 Å². The number of ether oxygens (including phenoxy) is 1. The molecule has 0 aliphatic carbocycles. The first-order chi connectivity index (χ1) is 12.5. The van der Waals surface area contributed by atoms with E-state index in [9.17, 15) is 9.59 Å². The van der Waals surface area contributed by atoms with Crippen LogP contribution in [0.3, 0.4) is 0 Å². The molecule has 1 saturated heterocycles. The number of carbonyl (C=O) groups is 2. The molecule has 26 heavy (non-hydrogen) atoms. The highest BCUT2D eigenvalue weighted by Gasteiger charge is 2.29. The predicted molar refractivity (Wildman–Crippen MR) is 99.8 cm³/mol. The third-order valence-electron chi connectivity index (χ3n) is 5.36. The summed E-state index contributed by atoms with van der Waals surface area (Å²) in [5, 5.41) is 2.88. The fraction of sp³-hybridized carbons (Fsp3) is 0.600. The van der Waals surface area contributed by atoms with Crippen molar-refractivity contribution in [3.8, 4) is 0 Å². The summed E-state index contributed by atoms with van der Waals surface area (Å²) in [6.45, 7) is 9.49. The van der Waals surface area contributed by atoms with E-state index in [0.717, 1.165) is 39.1 Å². The molecule has 1 fully saturated rings. The molecule has 0 aromatic heterocycles. The van der Waals surface area contributed by atoms with Crippen LogP contribution >= 0.6 is 0 Å². The molecule has 144 valence electrons. The number of piperazine rings is 1. The van der Waals surface area contributed by atoms with Crippen LogP contribution in [0.15, 0.2) is 30.3 Å². The monoisotopic (exact) mass is 363 g/mol. The van der Waals surface area contributed by atoms with Crippen molar-refractivity contribution in [2.45, 2.75) is 32.9 Å². The topological polar surface area (TPSA) is 64.3 Å². The van der Waals surface area contributed by atoms with Gasteiger partial charge in [-0.05, 0) is 5.92 Å². The highest BCUT2D eigenvalue weighted by Crippen LogP contribution is 2.08. The Morgan fingerprint density at radius 3 is 2.31 bits per heavy atom. The molecule has 0 radical (unpaired) electrons. The van der Waals surface area contributed by atoms with Gasteiger partial charge in [0.05, 0.1) is 7.11 Å². The molecule has 1 aliphatic heterocycles. The van der Waals surface area contributed by atoms with E-state index in [1.807, 2.05) is 19.9 Å². The molecular formula is C20H33N3O3+2. The van der Waals surface area contributed by atoms with Crippen LogP contribution in [0, 0.1) is 5.92 Å². The Labute approximate surface area is 156 Å². The lowest BCUT2D eigenvalue weighted by Gasteiger charge is -2.30. The number of rotatable bonds is 8. The molecule has 1 aromatic rings. The summed E-state index contributed by atoms with van der Waals surface area (Å²) in [6.07, 6.45) is 0.814. The average Bonchev–Trinajstić information content (AvgIpc) is 2.67. The third-order valence-corrected chi connectivity index (χ3v) is 5.36. The van der Waals surface area contributed by atoms with Gasteiger partial charge < -0.3 is 19.9 Å². The van der Waals surface area contributed by atoms with Crippen LogP contribution in [-0.4, -0.2) is 57.8 Å². The van der Waals surface area contributed by atoms with Gasteiger partial charge in [-0.1, -0.05) is 50.6 Å². The molecular weight excluding hydrogens is 330 g/mol. The summed E-state index contributed by atoms with van der Waals surface area (Å²) >= 11 is 0. The minimum absolute atomic E-state index is 0.0635. The molecule has 6 nitrogen and oxygen atoms in total. The predicted octanol–water partition coefficient (Wildman–Crippen LogP) is -1.33. The molecule has 0 bridgehead atoms. The summed E-state index contributed by atoms with van der Waals surface area (Å²) in [4.78, 5) is 27.1. The molecule has 0 saturated carbocycles. The fourth-order valence-electron chi connectivity index (χ4n) is 3.44. The first kappa shape index (κ1) is 20.4. The van der Waals surface area contributed by atoms with Crippen molar-refractivity contribution >= 4 is 11.9 Å². The third kappa shape index (κ3) is 6.11. The zero-order valence-corrected chi connectivity index (χ0v) is 16.2. The summed E-state index contributed by atoms with van der Waals surface area (Å²) in [5.74, 6) is -0.365. The second kappa shape index (κ2) is 10.3. The molecule has 3 N–H and O–H groups in total. The van der Waals surface area contributed by atoms with Crippen LogP contribution in [0.4, 0.5) is 0 Å². The smallest absolute Gasteiger partial charge is 0.328 e. The highest BCUT2D eigenvalue weighted by atomic mass is 16.5. The van der Waals surface area contributed by atoms with Crippen LogP contribution in [-0.2, 0) is 20.9 Å². The number of quaternary nitrogens is 2. The van der Waals surface area contributed by atoms with E-state index < -0.39 is 6.04 Å². The van der Waals surface area contributed by atoms with Gasteiger partial charge in [0, 0.05) is 5.56 Å². The number of esters is 1. The normalized spacial score (nSPS) is 22.3. The van der Waals surface area contributed by atoms with Crippen LogP contribution in [0.1, 0.15) is 25.8 Å². The zero-order chi connectivity index (χ0) is 18.9. The Kier molecular flexibility index (Phi) is 8.06. The van der Waals surface area contributed by atoms with Crippen molar-refractivity contribution < 1.29 is 24.1 Å². The number of benzene rings is 1. The van der Waals surface area contributed by atoms with Gasteiger partial charge in [-0.2, -0.15) is 0 Å². The maximum atomic E-state index is 12.4. The Morgan fingerprint density at radius 2 is 1.73 bits per heavy atom. The summed E-state index contributed by atoms with van der Waals surface area (Å²) in [6, 6.07) is 9.98. The standard InChI is InChI=1S/C20H31N3O3/c1-4-16(2)19(20(25)26-3)21-18(24)15-23-12-10-22(11-13-23)14-17-8-6-5-7-9-17/h5-9,16,19H,4,10-15H2,1-3H3,(H,21,24)/p+2/t16-,19+/m1/s1. The van der Waals surface area contributed by atoms with Crippen LogP contribution < -0.4 is 15.1 Å². The zero-order valence-electron chi connectivity index (χ0n) is 16.2. The molecule has 0 unspecified atom stereocenters. The Bertz CT molecular complexity index is 571. The van der Waals surface area contributed by atoms with Crippen molar-refractivity contribution in [2.24, 2.45) is 5.92 Å². The van der Waals surface area contributed by atoms with Gasteiger partial charge in [0.15, 0.2) is 6.54 Å². The Balaban J connectivity index is 1.77. The van der Waals surface area contributed by atoms with E-state index in [-0.39, 0.29) is 17.8 Å². The van der Waals surface area contributed by atoms with Crippen LogP contribution in [0.2, 0.25) is 0 Å². The van der Waals surface area contributed by atoms with Gasteiger partial charge in [0.2, 0.25) is 0 Å². The number of carbonyl (C=O) groups excluding carboxylic acids is 2. The lowest BCUT2D eigenvalue weighted by atomic mass is 9.99. The van der Waals surface area contributed by atoms with Crippen molar-refractivity contribution in [1.29, 1.82) is 0 Å². The van der Waals surface area contributed by atoms with E-state index in [1.54, 1.807) is 4.90 Å². The summed E-state index contributed by atoms with van der Waals surface area (Å²) in [7, 11) is 1.36. The molecule has 0 spiro atoms. The largest absolute Gasteiger partial charge is 0.467 e. The number of hydrogen-bond acceptors (Lipinski definition) is 3. The van der Waals surface area contributed by atoms with Crippen molar-refractivity contribution in [3.05, 3.63) is 35.9 Å². The molecule has 2 atom stereocenters. The van der Waals surface area contributed by atoms with Gasteiger partial charge in [-0.15, -0.1) is 0 Å². The Morgan fingerprint density at radius 1 is 1.12 bits per heavy atom. The summed E-state index contributed by atoms with van der Waals surface area (Å²) in [5.41, 5.74) is 1.36. The van der Waals surface area contributed by atoms with Crippen molar-refractivity contribution in [2.75, 3.05) is 39.8 Å². The van der Waals surface area contributed by atoms with E-state index in [1.165, 1.54) is 17.6 Å². The molecule has 2 rings (SSSR count). The van der Waals surface area contributed by atoms with E-state index in [2.05, 4.69) is 29.6 Å². The minimum atomic E-state index is -0.554. The summed E-state index contributed by atoms with van der Waals surface area (Å²) < 4.78 is 4.83. The first-order valence-electron chi connectivity index (χ1n) is 9.61. The molecule has 1 aromatic carbocycles. The van der Waals surface area contributed by atoms with Gasteiger partial charge in [0.25, 0.3) is 5.91 Å². The fourth-order valence-corrected chi connectivity index (χ4v) is 3.44. The Hall–Kier alpha value is -1.92. The van der Waals surface area contributed by atoms with Gasteiger partial charge in [0.1, 0.15) is 38.8 Å². The van der Waals surface area contributed by atoms with E-state index in [4.69, 9.17) is 4.74 Å². The average molecular weight is 364 g/mol. The SMILES string of the molecule is CC[C@@H](C)[C@H](NC(=O)C[NH+]1CC[NH+](Cc2ccccc2)CC1)C(=O)OC. The lowest BCUT2D eigenvalue weighted by Crippen LogP contribution is -3.28. The second-order valence-corrected chi connectivity index (χ2v) is 7.29. The number of methoxy groups -OCH3 is 1. The molecule has 6 heteroatoms. The van der Waals surface area contributed by atoms with Gasteiger partial charge in [-0.3, -0.25) is 4.79 Å². The maximum Gasteiger partial charge on any atom is 0.328 e. The van der Waals surface area contributed by atoms with Gasteiger partial charge in [-0.25, -0.2) is 4.79 Å². The van der Waals surface area contributed by atoms with Crippen LogP contribution in [0.25, 0.3) is 0 Å². The molecule has 1 amide bonds. The lowest BCUT2D eigenvalue weighted by molar-refractivity contribution is -1.02. The minimum Gasteiger partial charge on any atom is -0.467 e. The van der Waals surface area contributed by atoms with E-state index in [0.29, 0.717) is 6.54 Å². The quantitative estimate of drug-likeness (QED) is 0.502. The number of amides is 1. The maximum absolute atomic E-state index is 12.4. The van der Waals surface area contributed by atoms with E-state index >= 15 is 0 Å². The first-order valence-corrected chi connectivity index (χ1v) is 9.61. The highest BCUT2D eigenvalue weighted by molar-refractivity contribution is 5.85. The number of nitrogens with one attached hydrogen (secondary N) is 3. The molecule has 1 heterocycles. The second-order valence-electron chi connectivity index (χ2n) is 7.29. The molecule has 1 aliphatic rings.